The Morgan fingerprint density at radius 1 is 1.26 bits per heavy atom. The summed E-state index contributed by atoms with van der Waals surface area (Å²) in [6.45, 7) is 0.274. The highest BCUT2D eigenvalue weighted by atomic mass is 79.9. The van der Waals surface area contributed by atoms with Crippen molar-refractivity contribution >= 4 is 33.4 Å². The van der Waals surface area contributed by atoms with E-state index in [0.717, 1.165) is 10.0 Å². The van der Waals surface area contributed by atoms with Gasteiger partial charge < -0.3 is 10.5 Å². The number of carbonyl (C=O) groups is 1. The van der Waals surface area contributed by atoms with Gasteiger partial charge in [-0.1, -0.05) is 45.7 Å². The van der Waals surface area contributed by atoms with Gasteiger partial charge in [0.25, 0.3) is 5.91 Å². The molecule has 19 heavy (non-hydrogen) atoms. The van der Waals surface area contributed by atoms with Gasteiger partial charge in [0.2, 0.25) is 0 Å². The molecule has 0 saturated heterocycles. The molecule has 0 aliphatic carbocycles. The Labute approximate surface area is 124 Å². The van der Waals surface area contributed by atoms with E-state index in [9.17, 15) is 4.79 Å². The maximum atomic E-state index is 11.3. The summed E-state index contributed by atoms with van der Waals surface area (Å²) < 4.78 is 6.51. The fourth-order valence-electron chi connectivity index (χ4n) is 1.59. The molecule has 0 aliphatic rings. The van der Waals surface area contributed by atoms with Gasteiger partial charge in [0.1, 0.15) is 12.4 Å². The van der Waals surface area contributed by atoms with E-state index in [1.165, 1.54) is 0 Å². The van der Waals surface area contributed by atoms with E-state index >= 15 is 0 Å². The van der Waals surface area contributed by atoms with Gasteiger partial charge in [-0.25, -0.2) is 0 Å². The zero-order chi connectivity index (χ0) is 13.8. The lowest BCUT2D eigenvalue weighted by Gasteiger charge is -2.10. The summed E-state index contributed by atoms with van der Waals surface area (Å²) in [5.74, 6) is -0.0634. The molecule has 0 unspecified atom stereocenters. The van der Waals surface area contributed by atoms with Crippen molar-refractivity contribution in [3.05, 3.63) is 63.1 Å². The molecular weight excluding hydrogens is 330 g/mol. The first-order valence-corrected chi connectivity index (χ1v) is 6.70. The minimum atomic E-state index is -0.516. The molecular formula is C14H11BrClNO2. The largest absolute Gasteiger partial charge is 0.488 e. The van der Waals surface area contributed by atoms with Gasteiger partial charge in [-0.3, -0.25) is 4.79 Å². The van der Waals surface area contributed by atoms with Crippen LogP contribution in [0.5, 0.6) is 5.75 Å². The van der Waals surface area contributed by atoms with Crippen LogP contribution in [0.25, 0.3) is 0 Å². The van der Waals surface area contributed by atoms with E-state index in [1.54, 1.807) is 30.3 Å². The molecule has 2 aromatic rings. The third kappa shape index (κ3) is 3.49. The Kier molecular flexibility index (Phi) is 4.45. The van der Waals surface area contributed by atoms with Gasteiger partial charge in [-0.2, -0.15) is 0 Å². The Bertz CT molecular complexity index is 616. The molecule has 0 atom stereocenters. The summed E-state index contributed by atoms with van der Waals surface area (Å²) in [7, 11) is 0. The van der Waals surface area contributed by atoms with Crippen molar-refractivity contribution < 1.29 is 9.53 Å². The normalized spacial score (nSPS) is 10.2. The van der Waals surface area contributed by atoms with Crippen molar-refractivity contribution in [2.45, 2.75) is 6.61 Å². The first-order valence-electron chi connectivity index (χ1n) is 5.53. The van der Waals surface area contributed by atoms with Crippen LogP contribution < -0.4 is 10.5 Å². The van der Waals surface area contributed by atoms with Gasteiger partial charge in [0.15, 0.2) is 0 Å². The minimum Gasteiger partial charge on any atom is -0.488 e. The summed E-state index contributed by atoms with van der Waals surface area (Å²) in [5.41, 5.74) is 6.48. The first kappa shape index (κ1) is 13.9. The molecule has 1 amide bonds. The van der Waals surface area contributed by atoms with E-state index in [2.05, 4.69) is 15.9 Å². The van der Waals surface area contributed by atoms with Crippen LogP contribution in [0.15, 0.2) is 46.9 Å². The van der Waals surface area contributed by atoms with E-state index < -0.39 is 5.91 Å². The number of ether oxygens (including phenoxy) is 1. The van der Waals surface area contributed by atoms with E-state index in [0.29, 0.717) is 16.3 Å². The monoisotopic (exact) mass is 339 g/mol. The van der Waals surface area contributed by atoms with Gasteiger partial charge in [0.05, 0.1) is 5.56 Å². The molecule has 98 valence electrons. The van der Waals surface area contributed by atoms with Gasteiger partial charge >= 0.3 is 0 Å². The molecule has 0 aliphatic heterocycles. The predicted molar refractivity (Wildman–Crippen MR) is 78.4 cm³/mol. The van der Waals surface area contributed by atoms with Gasteiger partial charge in [-0.15, -0.1) is 0 Å². The minimum absolute atomic E-state index is 0.274. The van der Waals surface area contributed by atoms with Crippen molar-refractivity contribution in [3.63, 3.8) is 0 Å². The molecule has 0 bridgehead atoms. The smallest absolute Gasteiger partial charge is 0.252 e. The fourth-order valence-corrected chi connectivity index (χ4v) is 2.32. The standard InChI is InChI=1S/C14H11BrClNO2/c15-10-6-5-9(12(16)7-10)8-19-13-4-2-1-3-11(13)14(17)18/h1-7H,8H2,(H2,17,18). The first-order chi connectivity index (χ1) is 9.08. The van der Waals surface area contributed by atoms with Crippen molar-refractivity contribution in [2.75, 3.05) is 0 Å². The maximum absolute atomic E-state index is 11.3. The number of rotatable bonds is 4. The van der Waals surface area contributed by atoms with Crippen LogP contribution in [0.2, 0.25) is 5.02 Å². The number of benzene rings is 2. The van der Waals surface area contributed by atoms with Crippen LogP contribution in [0.1, 0.15) is 15.9 Å². The number of primary amides is 1. The molecule has 2 rings (SSSR count). The molecule has 5 heteroatoms. The van der Waals surface area contributed by atoms with Crippen molar-refractivity contribution in [3.8, 4) is 5.75 Å². The zero-order valence-electron chi connectivity index (χ0n) is 9.90. The highest BCUT2D eigenvalue weighted by molar-refractivity contribution is 9.10. The zero-order valence-corrected chi connectivity index (χ0v) is 12.2. The molecule has 2 N–H and O–H groups in total. The van der Waals surface area contributed by atoms with Crippen LogP contribution >= 0.6 is 27.5 Å². The average Bonchev–Trinajstić information content (AvgIpc) is 2.38. The molecule has 3 nitrogen and oxygen atoms in total. The third-order valence-electron chi connectivity index (χ3n) is 2.55. The van der Waals surface area contributed by atoms with Crippen molar-refractivity contribution in [1.82, 2.24) is 0 Å². The second-order valence-electron chi connectivity index (χ2n) is 3.88. The maximum Gasteiger partial charge on any atom is 0.252 e. The lowest BCUT2D eigenvalue weighted by Crippen LogP contribution is -2.12. The lowest BCUT2D eigenvalue weighted by atomic mass is 10.2. The molecule has 0 fully saturated rings. The third-order valence-corrected chi connectivity index (χ3v) is 3.40. The highest BCUT2D eigenvalue weighted by Crippen LogP contribution is 2.24. The van der Waals surface area contributed by atoms with E-state index in [4.69, 9.17) is 22.1 Å². The van der Waals surface area contributed by atoms with Crippen molar-refractivity contribution in [1.29, 1.82) is 0 Å². The summed E-state index contributed by atoms with van der Waals surface area (Å²) in [5, 5.41) is 0.603. The number of para-hydroxylation sites is 1. The molecule has 0 spiro atoms. The Balaban J connectivity index is 2.17. The SMILES string of the molecule is NC(=O)c1ccccc1OCc1ccc(Br)cc1Cl. The van der Waals surface area contributed by atoms with E-state index in [1.807, 2.05) is 12.1 Å². The number of nitrogens with two attached hydrogens (primary N) is 1. The molecule has 0 aromatic heterocycles. The lowest BCUT2D eigenvalue weighted by molar-refractivity contribution is 0.0996. The highest BCUT2D eigenvalue weighted by Gasteiger charge is 2.09. The Morgan fingerprint density at radius 3 is 2.68 bits per heavy atom. The molecule has 0 saturated carbocycles. The number of halogens is 2. The van der Waals surface area contributed by atoms with E-state index in [-0.39, 0.29) is 6.61 Å². The number of carbonyl (C=O) groups excluding carboxylic acids is 1. The number of amides is 1. The number of hydrogen-bond acceptors (Lipinski definition) is 2. The van der Waals surface area contributed by atoms with Crippen LogP contribution in [-0.2, 0) is 6.61 Å². The average molecular weight is 341 g/mol. The summed E-state index contributed by atoms with van der Waals surface area (Å²) in [6.07, 6.45) is 0. The summed E-state index contributed by atoms with van der Waals surface area (Å²) in [6, 6.07) is 12.4. The van der Waals surface area contributed by atoms with Crippen LogP contribution in [0.3, 0.4) is 0 Å². The molecule has 0 heterocycles. The Morgan fingerprint density at radius 2 is 2.00 bits per heavy atom. The predicted octanol–water partition coefficient (Wildman–Crippen LogP) is 3.78. The summed E-state index contributed by atoms with van der Waals surface area (Å²) in [4.78, 5) is 11.3. The molecule has 0 radical (unpaired) electrons. The second-order valence-corrected chi connectivity index (χ2v) is 5.21. The van der Waals surface area contributed by atoms with Gasteiger partial charge in [0, 0.05) is 15.1 Å². The second kappa shape index (κ2) is 6.08. The van der Waals surface area contributed by atoms with Crippen molar-refractivity contribution in [2.24, 2.45) is 5.73 Å². The quantitative estimate of drug-likeness (QED) is 0.921. The topological polar surface area (TPSA) is 52.3 Å². The summed E-state index contributed by atoms with van der Waals surface area (Å²) >= 11 is 9.43. The van der Waals surface area contributed by atoms with Gasteiger partial charge in [-0.05, 0) is 24.3 Å². The number of hydrogen-bond donors (Lipinski definition) is 1. The molecule has 2 aromatic carbocycles. The van der Waals surface area contributed by atoms with Crippen LogP contribution in [0, 0.1) is 0 Å². The Hall–Kier alpha value is -1.52. The fraction of sp³-hybridized carbons (Fsp3) is 0.0714. The van der Waals surface area contributed by atoms with Crippen LogP contribution in [0.4, 0.5) is 0 Å². The van der Waals surface area contributed by atoms with Crippen LogP contribution in [-0.4, -0.2) is 5.91 Å².